The van der Waals surface area contributed by atoms with E-state index >= 15 is 0 Å². The van der Waals surface area contributed by atoms with E-state index in [2.05, 4.69) is 6.07 Å². The number of benzene rings is 1. The summed E-state index contributed by atoms with van der Waals surface area (Å²) in [7, 11) is 1.63. The van der Waals surface area contributed by atoms with Crippen molar-refractivity contribution in [1.29, 1.82) is 5.26 Å². The zero-order valence-electron chi connectivity index (χ0n) is 15.6. The molecule has 0 heterocycles. The van der Waals surface area contributed by atoms with Crippen LogP contribution in [0.3, 0.4) is 0 Å². The van der Waals surface area contributed by atoms with Gasteiger partial charge in [0, 0.05) is 11.5 Å². The number of rotatable bonds is 7. The summed E-state index contributed by atoms with van der Waals surface area (Å²) < 4.78 is 10.3. The van der Waals surface area contributed by atoms with Gasteiger partial charge in [-0.05, 0) is 29.7 Å². The third-order valence-electron chi connectivity index (χ3n) is 4.66. The van der Waals surface area contributed by atoms with Gasteiger partial charge in [-0.25, -0.2) is 4.79 Å². The second-order valence-electron chi connectivity index (χ2n) is 6.45. The lowest BCUT2D eigenvalue weighted by Gasteiger charge is -2.34. The van der Waals surface area contributed by atoms with Crippen LogP contribution in [0.15, 0.2) is 60.2 Å². The molecule has 0 aromatic heterocycles. The number of methoxy groups -OCH3 is 1. The Labute approximate surface area is 155 Å². The maximum Gasteiger partial charge on any atom is 0.330 e. The number of carbonyl (C=O) groups is 1. The molecule has 4 heteroatoms. The van der Waals surface area contributed by atoms with E-state index in [9.17, 15) is 10.1 Å². The first kappa shape index (κ1) is 19.5. The van der Waals surface area contributed by atoms with Crippen LogP contribution in [-0.4, -0.2) is 19.7 Å². The standard InChI is InChI=1S/C22H25NO3/c1-4-5-15-26-21(24)13-8-17-7-6-14-22(2,20(17)16-23)18-9-11-19(25-3)12-10-18/h6-14,20H,4-5,15H2,1-3H3. The molecule has 0 N–H and O–H groups in total. The molecule has 0 saturated heterocycles. The van der Waals surface area contributed by atoms with Gasteiger partial charge >= 0.3 is 5.97 Å². The van der Waals surface area contributed by atoms with Crippen LogP contribution in [0.1, 0.15) is 32.3 Å². The van der Waals surface area contributed by atoms with Gasteiger partial charge < -0.3 is 9.47 Å². The third kappa shape index (κ3) is 4.43. The Balaban J connectivity index is 2.19. The molecule has 2 rings (SSSR count). The van der Waals surface area contributed by atoms with Crippen LogP contribution in [0.5, 0.6) is 5.75 Å². The average Bonchev–Trinajstić information content (AvgIpc) is 2.66. The molecule has 0 spiro atoms. The fourth-order valence-corrected chi connectivity index (χ4v) is 3.00. The van der Waals surface area contributed by atoms with Gasteiger partial charge in [0.05, 0.1) is 25.7 Å². The average molecular weight is 351 g/mol. The highest BCUT2D eigenvalue weighted by atomic mass is 16.5. The highest BCUT2D eigenvalue weighted by Crippen LogP contribution is 2.41. The lowest BCUT2D eigenvalue weighted by atomic mass is 9.67. The van der Waals surface area contributed by atoms with Gasteiger partial charge in [-0.1, -0.05) is 56.7 Å². The maximum atomic E-state index is 11.8. The molecule has 0 amide bonds. The molecular weight excluding hydrogens is 326 g/mol. The summed E-state index contributed by atoms with van der Waals surface area (Å²) in [4.78, 5) is 11.8. The first-order valence-electron chi connectivity index (χ1n) is 8.83. The number of hydrogen-bond donors (Lipinski definition) is 0. The molecule has 0 fully saturated rings. The molecule has 1 aliphatic carbocycles. The van der Waals surface area contributed by atoms with Crippen LogP contribution in [0.2, 0.25) is 0 Å². The first-order valence-corrected chi connectivity index (χ1v) is 8.83. The van der Waals surface area contributed by atoms with Crippen LogP contribution in [0.4, 0.5) is 0 Å². The monoisotopic (exact) mass is 351 g/mol. The highest BCUT2D eigenvalue weighted by molar-refractivity contribution is 5.82. The topological polar surface area (TPSA) is 59.3 Å². The Hall–Kier alpha value is -2.80. The second-order valence-corrected chi connectivity index (χ2v) is 6.45. The van der Waals surface area contributed by atoms with Crippen molar-refractivity contribution in [3.8, 4) is 11.8 Å². The quantitative estimate of drug-likeness (QED) is 0.413. The molecule has 4 nitrogen and oxygen atoms in total. The van der Waals surface area contributed by atoms with Crippen LogP contribution >= 0.6 is 0 Å². The largest absolute Gasteiger partial charge is 0.497 e. The molecule has 1 aromatic rings. The molecule has 2 unspecified atom stereocenters. The van der Waals surface area contributed by atoms with Crippen LogP contribution in [0.25, 0.3) is 0 Å². The van der Waals surface area contributed by atoms with E-state index in [0.717, 1.165) is 29.7 Å². The van der Waals surface area contributed by atoms with Crippen molar-refractivity contribution in [3.05, 3.63) is 65.8 Å². The fraction of sp³-hybridized carbons (Fsp3) is 0.364. The lowest BCUT2D eigenvalue weighted by Crippen LogP contribution is -2.31. The van der Waals surface area contributed by atoms with Gasteiger partial charge in [-0.2, -0.15) is 5.26 Å². The molecule has 2 atom stereocenters. The highest BCUT2D eigenvalue weighted by Gasteiger charge is 2.37. The van der Waals surface area contributed by atoms with Crippen LogP contribution in [0, 0.1) is 17.2 Å². The first-order chi connectivity index (χ1) is 12.5. The van der Waals surface area contributed by atoms with Gasteiger partial charge in [0.15, 0.2) is 0 Å². The molecule has 0 bridgehead atoms. The molecule has 26 heavy (non-hydrogen) atoms. The minimum absolute atomic E-state index is 0.378. The summed E-state index contributed by atoms with van der Waals surface area (Å²) in [6.45, 7) is 4.49. The Kier molecular flexibility index (Phi) is 6.80. The van der Waals surface area contributed by atoms with Gasteiger partial charge in [-0.15, -0.1) is 0 Å². The van der Waals surface area contributed by atoms with Crippen molar-refractivity contribution in [2.24, 2.45) is 5.92 Å². The zero-order chi connectivity index (χ0) is 19.0. The molecular formula is C22H25NO3. The third-order valence-corrected chi connectivity index (χ3v) is 4.66. The number of unbranched alkanes of at least 4 members (excludes halogenated alkanes) is 1. The van der Waals surface area contributed by atoms with Gasteiger partial charge in [0.25, 0.3) is 0 Å². The van der Waals surface area contributed by atoms with E-state index in [0.29, 0.717) is 6.61 Å². The SMILES string of the molecule is CCCCOC(=O)C=CC1=CC=CC(C)(c2ccc(OC)cc2)C1C#N. The molecule has 0 saturated carbocycles. The number of carbonyl (C=O) groups excluding carboxylic acids is 1. The van der Waals surface area contributed by atoms with E-state index in [1.807, 2.05) is 56.3 Å². The van der Waals surface area contributed by atoms with Crippen molar-refractivity contribution in [3.63, 3.8) is 0 Å². The number of nitriles is 1. The predicted molar refractivity (Wildman–Crippen MR) is 102 cm³/mol. The summed E-state index contributed by atoms with van der Waals surface area (Å²) in [5.74, 6) is -0.00605. The summed E-state index contributed by atoms with van der Waals surface area (Å²) in [5, 5.41) is 9.80. The van der Waals surface area contributed by atoms with Gasteiger partial charge in [-0.3, -0.25) is 0 Å². The van der Waals surface area contributed by atoms with E-state index in [4.69, 9.17) is 9.47 Å². The maximum absolute atomic E-state index is 11.8. The molecule has 0 radical (unpaired) electrons. The van der Waals surface area contributed by atoms with Gasteiger partial charge in [0.1, 0.15) is 5.75 Å². The molecule has 0 aliphatic heterocycles. The molecule has 1 aromatic carbocycles. The van der Waals surface area contributed by atoms with Crippen molar-refractivity contribution < 1.29 is 14.3 Å². The predicted octanol–water partition coefficient (Wildman–Crippen LogP) is 4.49. The molecule has 136 valence electrons. The fourth-order valence-electron chi connectivity index (χ4n) is 3.00. The Morgan fingerprint density at radius 1 is 1.35 bits per heavy atom. The van der Waals surface area contributed by atoms with E-state index in [1.165, 1.54) is 6.08 Å². The number of esters is 1. The van der Waals surface area contributed by atoms with Crippen LogP contribution < -0.4 is 4.74 Å². The summed E-state index contributed by atoms with van der Waals surface area (Å²) >= 11 is 0. The Bertz CT molecular complexity index is 753. The minimum atomic E-state index is -0.485. The zero-order valence-corrected chi connectivity index (χ0v) is 15.6. The van der Waals surface area contributed by atoms with Crippen molar-refractivity contribution >= 4 is 5.97 Å². The number of hydrogen-bond acceptors (Lipinski definition) is 4. The number of allylic oxidation sites excluding steroid dienone is 5. The van der Waals surface area contributed by atoms with Crippen molar-refractivity contribution in [1.82, 2.24) is 0 Å². The van der Waals surface area contributed by atoms with Crippen molar-refractivity contribution in [2.75, 3.05) is 13.7 Å². The van der Waals surface area contributed by atoms with E-state index in [-0.39, 0.29) is 5.97 Å². The van der Waals surface area contributed by atoms with Crippen molar-refractivity contribution in [2.45, 2.75) is 32.1 Å². The smallest absolute Gasteiger partial charge is 0.330 e. The summed E-state index contributed by atoms with van der Waals surface area (Å²) in [5.41, 5.74) is 1.33. The number of nitrogens with zero attached hydrogens (tertiary/aromatic N) is 1. The Morgan fingerprint density at radius 3 is 2.69 bits per heavy atom. The molecule has 1 aliphatic rings. The lowest BCUT2D eigenvalue weighted by molar-refractivity contribution is -0.137. The second kappa shape index (κ2) is 9.05. The summed E-state index contributed by atoms with van der Waals surface area (Å²) in [6, 6.07) is 10.1. The van der Waals surface area contributed by atoms with E-state index < -0.39 is 11.3 Å². The Morgan fingerprint density at radius 2 is 2.08 bits per heavy atom. The minimum Gasteiger partial charge on any atom is -0.497 e. The summed E-state index contributed by atoms with van der Waals surface area (Å²) in [6.07, 6.45) is 10.7. The number of ether oxygens (including phenoxy) is 2. The normalized spacial score (nSPS) is 21.9. The van der Waals surface area contributed by atoms with Gasteiger partial charge in [0.2, 0.25) is 0 Å². The van der Waals surface area contributed by atoms with E-state index in [1.54, 1.807) is 13.2 Å². The van der Waals surface area contributed by atoms with Crippen LogP contribution in [-0.2, 0) is 14.9 Å².